The molecule has 0 amide bonds. The third kappa shape index (κ3) is 6.48. The first-order valence-corrected chi connectivity index (χ1v) is 16.2. The van der Waals surface area contributed by atoms with Crippen LogP contribution in [0, 0.1) is 5.92 Å². The number of phenolic OH excluding ortho intramolecular Hbond substituents is 2. The molecule has 0 radical (unpaired) electrons. The normalized spacial score (nSPS) is 33.5. The zero-order valence-corrected chi connectivity index (χ0v) is 28.6. The molecule has 2 aromatic rings. The predicted octanol–water partition coefficient (Wildman–Crippen LogP) is -1.47. The molecule has 2 bridgehead atoms. The molecule has 3 aliphatic heterocycles. The van der Waals surface area contributed by atoms with Gasteiger partial charge in [0, 0.05) is 24.0 Å². The van der Waals surface area contributed by atoms with Crippen LogP contribution in [0.4, 0.5) is 0 Å². The lowest BCUT2D eigenvalue weighted by Crippen LogP contribution is -2.63. The molecule has 19 heteroatoms. The Balaban J connectivity index is 1.45. The standard InChI is InChI=1S/C34H38O19/c1-12(36)48-10-19-24(38)26(40)27(41)32(49-19)52-34(11-35)29-28(42)33(53-34)51-30(43)16-7-13-8-18(47-4)23(37)25(39)20(13)21(22(16)31(44)50-29)15-9-14(45-2)5-6-17(15)46-3/h5-9,19,21-22,24,26-29,32-33,35,37-42H,10-11H2,1-4H3/t19-,21+,22+,24-,26+,27-,28-,29-,32-,33-,34-/m1/s1. The van der Waals surface area contributed by atoms with E-state index >= 15 is 0 Å². The second-order valence-corrected chi connectivity index (χ2v) is 12.6. The van der Waals surface area contributed by atoms with E-state index in [1.807, 2.05) is 0 Å². The highest BCUT2D eigenvalue weighted by Crippen LogP contribution is 2.55. The van der Waals surface area contributed by atoms with Gasteiger partial charge in [-0.05, 0) is 35.9 Å². The first-order valence-electron chi connectivity index (χ1n) is 16.2. The van der Waals surface area contributed by atoms with Gasteiger partial charge in [0.1, 0.15) is 55.0 Å². The van der Waals surface area contributed by atoms with Gasteiger partial charge in [-0.25, -0.2) is 4.79 Å². The summed E-state index contributed by atoms with van der Waals surface area (Å²) in [5.41, 5.74) is -0.122. The van der Waals surface area contributed by atoms with Gasteiger partial charge in [0.05, 0.1) is 26.9 Å². The van der Waals surface area contributed by atoms with Gasteiger partial charge in [0.2, 0.25) is 17.8 Å². The molecule has 0 aromatic heterocycles. The van der Waals surface area contributed by atoms with Gasteiger partial charge in [0.15, 0.2) is 30.0 Å². The van der Waals surface area contributed by atoms with Crippen molar-refractivity contribution in [2.45, 2.75) is 67.8 Å². The number of esters is 3. The van der Waals surface area contributed by atoms with E-state index in [0.29, 0.717) is 0 Å². The lowest BCUT2D eigenvalue weighted by Gasteiger charge is -2.44. The van der Waals surface area contributed by atoms with Crippen LogP contribution in [-0.2, 0) is 42.8 Å². The Kier molecular flexibility index (Phi) is 10.5. The average molecular weight is 751 g/mol. The maximum atomic E-state index is 14.5. The molecule has 3 fully saturated rings. The lowest BCUT2D eigenvalue weighted by atomic mass is 9.70. The van der Waals surface area contributed by atoms with E-state index in [9.17, 15) is 50.1 Å². The molecule has 288 valence electrons. The topological polar surface area (TPSA) is 276 Å². The Morgan fingerprint density at radius 2 is 1.58 bits per heavy atom. The Bertz CT molecular complexity index is 1790. The highest BCUT2D eigenvalue weighted by atomic mass is 16.9. The fourth-order valence-corrected chi connectivity index (χ4v) is 6.91. The molecule has 3 heterocycles. The number of phenols is 2. The summed E-state index contributed by atoms with van der Waals surface area (Å²) >= 11 is 0. The number of aromatic hydroxyl groups is 2. The molecule has 2 aromatic carbocycles. The van der Waals surface area contributed by atoms with Crippen molar-refractivity contribution in [1.29, 1.82) is 0 Å². The van der Waals surface area contributed by atoms with Crippen molar-refractivity contribution in [1.82, 2.24) is 0 Å². The van der Waals surface area contributed by atoms with Gasteiger partial charge in [-0.1, -0.05) is 0 Å². The molecular weight excluding hydrogens is 712 g/mol. The van der Waals surface area contributed by atoms with Crippen molar-refractivity contribution in [3.8, 4) is 28.7 Å². The van der Waals surface area contributed by atoms with E-state index in [4.69, 9.17) is 42.6 Å². The number of aliphatic hydroxyl groups excluding tert-OH is 5. The summed E-state index contributed by atoms with van der Waals surface area (Å²) in [6.45, 7) is -0.765. The van der Waals surface area contributed by atoms with Crippen LogP contribution in [0.25, 0.3) is 6.08 Å². The van der Waals surface area contributed by atoms with Crippen LogP contribution in [0.1, 0.15) is 29.5 Å². The molecular formula is C34H38O19. The lowest BCUT2D eigenvalue weighted by molar-refractivity contribution is -0.390. The molecule has 53 heavy (non-hydrogen) atoms. The number of hydrogen-bond acceptors (Lipinski definition) is 19. The molecule has 11 atom stereocenters. The fourth-order valence-electron chi connectivity index (χ4n) is 6.91. The monoisotopic (exact) mass is 750 g/mol. The summed E-state index contributed by atoms with van der Waals surface area (Å²) in [5.74, 6) is -10.2. The first kappa shape index (κ1) is 38.0. The molecule has 0 spiro atoms. The minimum absolute atomic E-state index is 0.0654. The second-order valence-electron chi connectivity index (χ2n) is 12.6. The summed E-state index contributed by atoms with van der Waals surface area (Å²) in [7, 11) is 3.95. The highest BCUT2D eigenvalue weighted by Gasteiger charge is 2.64. The summed E-state index contributed by atoms with van der Waals surface area (Å²) in [4.78, 5) is 40.0. The van der Waals surface area contributed by atoms with Crippen LogP contribution < -0.4 is 14.2 Å². The number of hydrogen-bond donors (Lipinski definition) is 7. The molecule has 1 aliphatic carbocycles. The Hall–Kier alpha value is -4.73. The Morgan fingerprint density at radius 1 is 0.868 bits per heavy atom. The van der Waals surface area contributed by atoms with Gasteiger partial charge in [0.25, 0.3) is 0 Å². The van der Waals surface area contributed by atoms with Gasteiger partial charge >= 0.3 is 17.9 Å². The summed E-state index contributed by atoms with van der Waals surface area (Å²) < 4.78 is 49.5. The van der Waals surface area contributed by atoms with Crippen molar-refractivity contribution >= 4 is 24.0 Å². The van der Waals surface area contributed by atoms with E-state index in [2.05, 4.69) is 0 Å². The quantitative estimate of drug-likeness (QED) is 0.0875. The molecule has 3 saturated heterocycles. The average Bonchev–Trinajstić information content (AvgIpc) is 3.41. The van der Waals surface area contributed by atoms with Gasteiger partial charge in [-0.3, -0.25) is 9.59 Å². The van der Waals surface area contributed by atoms with Crippen LogP contribution >= 0.6 is 0 Å². The number of aliphatic hydroxyl groups is 5. The van der Waals surface area contributed by atoms with Crippen molar-refractivity contribution in [2.75, 3.05) is 34.5 Å². The molecule has 4 aliphatic rings. The third-order valence-electron chi connectivity index (χ3n) is 9.54. The largest absolute Gasteiger partial charge is 0.504 e. The van der Waals surface area contributed by atoms with E-state index in [1.165, 1.54) is 45.6 Å². The molecule has 19 nitrogen and oxygen atoms in total. The van der Waals surface area contributed by atoms with Crippen LogP contribution in [0.3, 0.4) is 0 Å². The highest BCUT2D eigenvalue weighted by molar-refractivity contribution is 6.03. The smallest absolute Gasteiger partial charge is 0.337 e. The zero-order chi connectivity index (χ0) is 38.5. The summed E-state index contributed by atoms with van der Waals surface area (Å²) in [5, 5.41) is 76.0. The van der Waals surface area contributed by atoms with Crippen molar-refractivity contribution in [2.24, 2.45) is 5.92 Å². The molecule has 6 rings (SSSR count). The van der Waals surface area contributed by atoms with Crippen LogP contribution in [0.2, 0.25) is 0 Å². The minimum Gasteiger partial charge on any atom is -0.504 e. The number of methoxy groups -OCH3 is 3. The van der Waals surface area contributed by atoms with Gasteiger partial charge in [-0.15, -0.1) is 0 Å². The van der Waals surface area contributed by atoms with Crippen LogP contribution in [0.5, 0.6) is 28.7 Å². The number of rotatable bonds is 9. The number of carbonyl (C=O) groups is 3. The van der Waals surface area contributed by atoms with Gasteiger partial charge < -0.3 is 78.4 Å². The summed E-state index contributed by atoms with van der Waals surface area (Å²) in [6, 6.07) is 5.85. The van der Waals surface area contributed by atoms with Crippen molar-refractivity contribution in [3.63, 3.8) is 0 Å². The first-order chi connectivity index (χ1) is 25.2. The minimum atomic E-state index is -2.66. The maximum absolute atomic E-state index is 14.5. The van der Waals surface area contributed by atoms with Crippen molar-refractivity contribution < 1.29 is 92.8 Å². The molecule has 0 unspecified atom stereocenters. The van der Waals surface area contributed by atoms with E-state index < -0.39 is 109 Å². The van der Waals surface area contributed by atoms with E-state index in [1.54, 1.807) is 6.07 Å². The SMILES string of the molecule is COc1ccc(OC)c([C@H]2c3c(cc(OC)c(O)c3O)C=C3C(=O)O[C@@H]4O[C@@](CO)(O[C@H]5O[C@H](COC(C)=O)[C@@H](O)[C@H](O)[C@H]5O)[C@H](OC(=O)[C@@H]32)[C@H]4O)c1. The maximum Gasteiger partial charge on any atom is 0.337 e. The molecule has 0 saturated carbocycles. The Morgan fingerprint density at radius 3 is 2.23 bits per heavy atom. The second kappa shape index (κ2) is 14.6. The predicted molar refractivity (Wildman–Crippen MR) is 170 cm³/mol. The summed E-state index contributed by atoms with van der Waals surface area (Å²) in [6.07, 6.45) is -14.1. The van der Waals surface area contributed by atoms with E-state index in [-0.39, 0.29) is 39.5 Å². The third-order valence-corrected chi connectivity index (χ3v) is 9.54. The number of benzene rings is 2. The zero-order valence-electron chi connectivity index (χ0n) is 28.6. The Labute approximate surface area is 300 Å². The van der Waals surface area contributed by atoms with Crippen molar-refractivity contribution in [3.05, 3.63) is 46.5 Å². The van der Waals surface area contributed by atoms with E-state index in [0.717, 1.165) is 6.92 Å². The van der Waals surface area contributed by atoms with Gasteiger partial charge in [-0.2, -0.15) is 0 Å². The number of ether oxygens (including phenoxy) is 9. The number of carbonyl (C=O) groups excluding carboxylic acids is 3. The fraction of sp³-hybridized carbons (Fsp3) is 0.500. The van der Waals surface area contributed by atoms with Crippen LogP contribution in [0.15, 0.2) is 29.8 Å². The molecule has 7 N–H and O–H groups in total. The van der Waals surface area contributed by atoms with Crippen LogP contribution in [-0.4, -0.2) is 143 Å². The number of fused-ring (bicyclic) bond motifs is 4.